The Bertz CT molecular complexity index is 1130. The summed E-state index contributed by atoms with van der Waals surface area (Å²) in [6.45, 7) is 1.87. The molecule has 11 heteroatoms. The van der Waals surface area contributed by atoms with E-state index in [0.717, 1.165) is 35.6 Å². The minimum atomic E-state index is -0.815. The van der Waals surface area contributed by atoms with Crippen molar-refractivity contribution in [1.82, 2.24) is 29.2 Å². The number of urea groups is 1. The highest BCUT2D eigenvalue weighted by Crippen LogP contribution is 2.47. The number of piperidine rings is 2. The van der Waals surface area contributed by atoms with Gasteiger partial charge in [-0.15, -0.1) is 0 Å². The van der Waals surface area contributed by atoms with Crippen molar-refractivity contribution in [1.29, 1.82) is 0 Å². The van der Waals surface area contributed by atoms with E-state index in [1.807, 2.05) is 23.1 Å². The fourth-order valence-electron chi connectivity index (χ4n) is 6.05. The van der Waals surface area contributed by atoms with Crippen molar-refractivity contribution in [3.63, 3.8) is 0 Å². The molecule has 32 heavy (non-hydrogen) atoms. The average Bonchev–Trinajstić information content (AvgIpc) is 3.45. The van der Waals surface area contributed by atoms with Crippen LogP contribution in [0.1, 0.15) is 29.6 Å². The number of carbonyl (C=O) groups excluding carboxylic acids is 4. The van der Waals surface area contributed by atoms with Gasteiger partial charge in [0.2, 0.25) is 11.8 Å². The predicted octanol–water partition coefficient (Wildman–Crippen LogP) is 0.598. The highest BCUT2D eigenvalue weighted by Gasteiger charge is 2.54. The molecule has 5 amide bonds. The van der Waals surface area contributed by atoms with E-state index in [1.54, 1.807) is 4.90 Å². The van der Waals surface area contributed by atoms with E-state index >= 15 is 0 Å². The highest BCUT2D eigenvalue weighted by molar-refractivity contribution is 7.00. The van der Waals surface area contributed by atoms with E-state index in [4.69, 9.17) is 0 Å². The maximum Gasteiger partial charge on any atom is 0.322 e. The van der Waals surface area contributed by atoms with Crippen molar-refractivity contribution < 1.29 is 19.2 Å². The summed E-state index contributed by atoms with van der Waals surface area (Å²) in [5.74, 6) is 0.275. The molecule has 5 atom stereocenters. The van der Waals surface area contributed by atoms with Crippen molar-refractivity contribution in [2.24, 2.45) is 17.8 Å². The summed E-state index contributed by atoms with van der Waals surface area (Å²) in [5.41, 5.74) is 2.15. The zero-order valence-electron chi connectivity index (χ0n) is 17.2. The number of nitrogens with zero attached hydrogens (tertiary/aromatic N) is 4. The van der Waals surface area contributed by atoms with E-state index < -0.39 is 18.0 Å². The number of benzene rings is 1. The molecule has 2 aromatic rings. The standard InChI is InChI=1S/C21H22N6O4S/c28-18-6-16(22-21(31)23-18)20(30)26-8-12-11-2-4-17(13(12)9-26)27(7-11)19(29)10-1-3-14-15(5-10)25-32-24-14/h1,3,5,11-13,16-17H,2,4,6-9H2,(H2,22,23,28,31)/t11?,12?,13?,16-,17?/m0/s1. The van der Waals surface area contributed by atoms with E-state index in [9.17, 15) is 19.2 Å². The van der Waals surface area contributed by atoms with Crippen LogP contribution in [0.2, 0.25) is 0 Å². The third-order valence-electron chi connectivity index (χ3n) is 7.50. The molecule has 2 bridgehead atoms. The molecular weight excluding hydrogens is 432 g/mol. The molecule has 5 fully saturated rings. The topological polar surface area (TPSA) is 125 Å². The molecule has 2 N–H and O–H groups in total. The van der Waals surface area contributed by atoms with Crippen molar-refractivity contribution in [2.45, 2.75) is 31.3 Å². The second kappa shape index (κ2) is 7.22. The number of fused-ring (bicyclic) bond motifs is 3. The first-order chi connectivity index (χ1) is 15.5. The number of aromatic nitrogens is 2. The van der Waals surface area contributed by atoms with Gasteiger partial charge in [-0.2, -0.15) is 8.75 Å². The summed E-state index contributed by atoms with van der Waals surface area (Å²) in [6.07, 6.45) is 1.94. The zero-order valence-corrected chi connectivity index (χ0v) is 18.0. The molecular formula is C21H22N6O4S. The summed E-state index contributed by atoms with van der Waals surface area (Å²) in [7, 11) is 0. The van der Waals surface area contributed by atoms with Crippen molar-refractivity contribution in [3.8, 4) is 0 Å². The van der Waals surface area contributed by atoms with Gasteiger partial charge >= 0.3 is 6.03 Å². The van der Waals surface area contributed by atoms with Crippen LogP contribution in [0.3, 0.4) is 0 Å². The molecule has 4 saturated heterocycles. The van der Waals surface area contributed by atoms with Crippen LogP contribution < -0.4 is 10.6 Å². The molecule has 5 aliphatic rings. The SMILES string of the molecule is O=C1C[C@@H](C(=O)N2CC3C4CCC(C3C2)N(C(=O)c2ccc3nsnc3c2)C4)NC(=O)N1. The Kier molecular flexibility index (Phi) is 4.42. The molecule has 1 aliphatic carbocycles. The van der Waals surface area contributed by atoms with Crippen molar-refractivity contribution in [3.05, 3.63) is 23.8 Å². The number of imide groups is 1. The fraction of sp³-hybridized carbons (Fsp3) is 0.524. The first-order valence-electron chi connectivity index (χ1n) is 10.9. The van der Waals surface area contributed by atoms with Gasteiger partial charge in [-0.3, -0.25) is 19.7 Å². The lowest BCUT2D eigenvalue weighted by Crippen LogP contribution is -2.59. The third-order valence-corrected chi connectivity index (χ3v) is 8.05. The molecule has 7 rings (SSSR count). The van der Waals surface area contributed by atoms with Gasteiger partial charge in [-0.05, 0) is 42.9 Å². The molecule has 166 valence electrons. The van der Waals surface area contributed by atoms with E-state index in [0.29, 0.717) is 37.0 Å². The lowest BCUT2D eigenvalue weighted by molar-refractivity contribution is -0.135. The number of rotatable bonds is 2. The average molecular weight is 455 g/mol. The first kappa shape index (κ1) is 19.6. The Morgan fingerprint density at radius 2 is 1.84 bits per heavy atom. The molecule has 0 spiro atoms. The highest BCUT2D eigenvalue weighted by atomic mass is 32.1. The second-order valence-electron chi connectivity index (χ2n) is 9.18. The van der Waals surface area contributed by atoms with E-state index in [1.165, 1.54) is 0 Å². The smallest absolute Gasteiger partial charge is 0.322 e. The molecule has 4 aliphatic heterocycles. The number of likely N-dealkylation sites (tertiary alicyclic amines) is 1. The minimum absolute atomic E-state index is 0.00837. The number of carbonyl (C=O) groups is 4. The van der Waals surface area contributed by atoms with E-state index in [2.05, 4.69) is 19.4 Å². The number of hydrogen-bond acceptors (Lipinski definition) is 7. The monoisotopic (exact) mass is 454 g/mol. The van der Waals surface area contributed by atoms with Crippen molar-refractivity contribution >= 4 is 46.5 Å². The van der Waals surface area contributed by atoms with Crippen LogP contribution in [0.25, 0.3) is 11.0 Å². The minimum Gasteiger partial charge on any atom is -0.340 e. The van der Waals surface area contributed by atoms with Gasteiger partial charge in [0.05, 0.1) is 18.1 Å². The van der Waals surface area contributed by atoms with Gasteiger partial charge < -0.3 is 15.1 Å². The van der Waals surface area contributed by atoms with Crippen LogP contribution in [-0.2, 0) is 9.59 Å². The number of amides is 5. The van der Waals surface area contributed by atoms with Gasteiger partial charge in [-0.25, -0.2) is 4.79 Å². The Balaban J connectivity index is 1.20. The lowest BCUT2D eigenvalue weighted by atomic mass is 9.66. The van der Waals surface area contributed by atoms with Crippen molar-refractivity contribution in [2.75, 3.05) is 19.6 Å². The van der Waals surface area contributed by atoms with Gasteiger partial charge in [0.15, 0.2) is 0 Å². The van der Waals surface area contributed by atoms with Crippen LogP contribution >= 0.6 is 11.7 Å². The zero-order chi connectivity index (χ0) is 22.0. The number of hydrogen-bond donors (Lipinski definition) is 2. The summed E-state index contributed by atoms with van der Waals surface area (Å²) in [6, 6.07) is 4.10. The molecule has 5 heterocycles. The lowest BCUT2D eigenvalue weighted by Gasteiger charge is -2.51. The van der Waals surface area contributed by atoms with Crippen LogP contribution in [-0.4, -0.2) is 74.0 Å². The first-order valence-corrected chi connectivity index (χ1v) is 11.6. The Morgan fingerprint density at radius 1 is 1.03 bits per heavy atom. The molecule has 10 nitrogen and oxygen atoms in total. The Labute approximate surface area is 187 Å². The van der Waals surface area contributed by atoms with Crippen LogP contribution in [0.5, 0.6) is 0 Å². The van der Waals surface area contributed by atoms with Gasteiger partial charge in [0.1, 0.15) is 17.1 Å². The van der Waals surface area contributed by atoms with Gasteiger partial charge in [0.25, 0.3) is 5.91 Å². The second-order valence-corrected chi connectivity index (χ2v) is 9.71. The van der Waals surface area contributed by atoms with E-state index in [-0.39, 0.29) is 30.2 Å². The molecule has 1 aromatic carbocycles. The molecule has 4 unspecified atom stereocenters. The number of nitrogens with one attached hydrogen (secondary N) is 2. The predicted molar refractivity (Wildman–Crippen MR) is 114 cm³/mol. The Hall–Kier alpha value is -3.08. The normalized spacial score (nSPS) is 31.4. The molecule has 1 saturated carbocycles. The summed E-state index contributed by atoms with van der Waals surface area (Å²) >= 11 is 1.13. The maximum absolute atomic E-state index is 13.4. The van der Waals surface area contributed by atoms with Crippen LogP contribution in [0.4, 0.5) is 4.79 Å². The summed E-state index contributed by atoms with van der Waals surface area (Å²) in [4.78, 5) is 53.5. The quantitative estimate of drug-likeness (QED) is 0.685. The van der Waals surface area contributed by atoms with Crippen LogP contribution in [0.15, 0.2) is 18.2 Å². The van der Waals surface area contributed by atoms with Crippen LogP contribution in [0, 0.1) is 17.8 Å². The maximum atomic E-state index is 13.4. The Morgan fingerprint density at radius 3 is 2.69 bits per heavy atom. The van der Waals surface area contributed by atoms with Gasteiger partial charge in [0, 0.05) is 37.2 Å². The largest absolute Gasteiger partial charge is 0.340 e. The molecule has 0 radical (unpaired) electrons. The molecule has 1 aromatic heterocycles. The summed E-state index contributed by atoms with van der Waals surface area (Å²) < 4.78 is 8.45. The third kappa shape index (κ3) is 3.06. The summed E-state index contributed by atoms with van der Waals surface area (Å²) in [5, 5.41) is 4.73. The fourth-order valence-corrected chi connectivity index (χ4v) is 6.56. The van der Waals surface area contributed by atoms with Gasteiger partial charge in [-0.1, -0.05) is 0 Å².